The molecule has 0 saturated carbocycles. The van der Waals surface area contributed by atoms with Gasteiger partial charge < -0.3 is 19.9 Å². The summed E-state index contributed by atoms with van der Waals surface area (Å²) in [5.41, 5.74) is -0.276. The van der Waals surface area contributed by atoms with Crippen molar-refractivity contribution in [3.8, 4) is 11.5 Å². The molecule has 2 N–H and O–H groups in total. The van der Waals surface area contributed by atoms with E-state index in [4.69, 9.17) is 9.47 Å². The van der Waals surface area contributed by atoms with E-state index in [1.807, 2.05) is 0 Å². The first-order chi connectivity index (χ1) is 14.9. The lowest BCUT2D eigenvalue weighted by atomic mass is 10.1. The van der Waals surface area contributed by atoms with Gasteiger partial charge in [-0.3, -0.25) is 9.36 Å². The highest BCUT2D eigenvalue weighted by Gasteiger charge is 2.18. The van der Waals surface area contributed by atoms with Gasteiger partial charge in [0.1, 0.15) is 23.0 Å². The topological polar surface area (TPSA) is 98.5 Å². The molecular formula is C21H23ClF2N4O4. The van der Waals surface area contributed by atoms with E-state index in [0.717, 1.165) is 25.0 Å². The van der Waals surface area contributed by atoms with Gasteiger partial charge in [0, 0.05) is 49.0 Å². The zero-order valence-corrected chi connectivity index (χ0v) is 18.1. The molecule has 0 radical (unpaired) electrons. The van der Waals surface area contributed by atoms with Gasteiger partial charge >= 0.3 is 0 Å². The van der Waals surface area contributed by atoms with Crippen LogP contribution in [-0.4, -0.2) is 45.0 Å². The molecule has 0 bridgehead atoms. The van der Waals surface area contributed by atoms with Crippen LogP contribution < -0.4 is 15.6 Å². The van der Waals surface area contributed by atoms with Crippen LogP contribution in [0, 0.1) is 11.6 Å². The molecule has 3 heterocycles. The number of benzene rings is 1. The Labute approximate surface area is 188 Å². The molecular weight excluding hydrogens is 446 g/mol. The first-order valence-electron chi connectivity index (χ1n) is 9.96. The maximum atomic E-state index is 13.5. The lowest BCUT2D eigenvalue weighted by Gasteiger charge is -2.23. The van der Waals surface area contributed by atoms with Crippen molar-refractivity contribution in [3.63, 3.8) is 0 Å². The Kier molecular flexibility index (Phi) is 7.60. The fourth-order valence-electron chi connectivity index (χ4n) is 3.45. The van der Waals surface area contributed by atoms with Crippen LogP contribution in [0.5, 0.6) is 11.5 Å². The summed E-state index contributed by atoms with van der Waals surface area (Å²) in [5.74, 6) is -1.61. The van der Waals surface area contributed by atoms with Crippen LogP contribution >= 0.6 is 12.4 Å². The van der Waals surface area contributed by atoms with Crippen LogP contribution in [-0.2, 0) is 11.3 Å². The van der Waals surface area contributed by atoms with E-state index in [1.165, 1.54) is 23.8 Å². The Morgan fingerprint density at radius 3 is 2.59 bits per heavy atom. The number of hydrogen-bond acceptors (Lipinski definition) is 7. The van der Waals surface area contributed by atoms with Crippen molar-refractivity contribution in [1.82, 2.24) is 14.5 Å². The van der Waals surface area contributed by atoms with Gasteiger partial charge in [-0.2, -0.15) is 4.98 Å². The van der Waals surface area contributed by atoms with Gasteiger partial charge in [0.25, 0.3) is 5.56 Å². The average molecular weight is 469 g/mol. The highest BCUT2D eigenvalue weighted by molar-refractivity contribution is 5.85. The summed E-state index contributed by atoms with van der Waals surface area (Å²) in [6, 6.07) is 4.23. The second-order valence-corrected chi connectivity index (χ2v) is 7.48. The number of fused-ring (bicyclic) bond motifs is 1. The maximum Gasteiger partial charge on any atom is 0.295 e. The Morgan fingerprint density at radius 2 is 1.94 bits per heavy atom. The van der Waals surface area contributed by atoms with E-state index in [-0.39, 0.29) is 36.5 Å². The predicted octanol–water partition coefficient (Wildman–Crippen LogP) is 3.26. The summed E-state index contributed by atoms with van der Waals surface area (Å²) < 4.78 is 39.1. The molecule has 2 aromatic heterocycles. The minimum absolute atomic E-state index is 0. The van der Waals surface area contributed by atoms with Crippen molar-refractivity contribution in [2.75, 3.05) is 18.5 Å². The van der Waals surface area contributed by atoms with Gasteiger partial charge in [0.2, 0.25) is 5.95 Å². The quantitative estimate of drug-likeness (QED) is 0.573. The second-order valence-electron chi connectivity index (χ2n) is 7.48. The fraction of sp³-hybridized carbons (Fsp3) is 0.381. The first kappa shape index (κ1) is 23.8. The normalized spacial score (nSPS) is 15.2. The Hall–Kier alpha value is -2.82. The van der Waals surface area contributed by atoms with E-state index in [9.17, 15) is 18.7 Å². The molecule has 172 valence electrons. The lowest BCUT2D eigenvalue weighted by Crippen LogP contribution is -2.29. The number of anilines is 1. The summed E-state index contributed by atoms with van der Waals surface area (Å²) in [5, 5.41) is 13.6. The zero-order valence-electron chi connectivity index (χ0n) is 17.3. The lowest BCUT2D eigenvalue weighted by molar-refractivity contribution is 0.0903. The number of aromatic nitrogens is 3. The number of nitrogens with one attached hydrogen (secondary N) is 1. The van der Waals surface area contributed by atoms with E-state index in [2.05, 4.69) is 15.3 Å². The number of pyridine rings is 1. The molecule has 1 aliphatic rings. The van der Waals surface area contributed by atoms with Gasteiger partial charge in [0.15, 0.2) is 5.75 Å². The Bertz CT molecular complexity index is 1130. The molecule has 11 heteroatoms. The third-order valence-corrected chi connectivity index (χ3v) is 4.86. The summed E-state index contributed by atoms with van der Waals surface area (Å²) in [7, 11) is 0. The van der Waals surface area contributed by atoms with Crippen molar-refractivity contribution in [3.05, 3.63) is 52.5 Å². The van der Waals surface area contributed by atoms with Crippen LogP contribution in [0.2, 0.25) is 0 Å². The van der Waals surface area contributed by atoms with E-state index < -0.39 is 23.3 Å². The Balaban J connectivity index is 0.00000289. The van der Waals surface area contributed by atoms with Gasteiger partial charge in [-0.1, -0.05) is 0 Å². The molecule has 1 aromatic carbocycles. The van der Waals surface area contributed by atoms with Crippen LogP contribution in [0.25, 0.3) is 11.0 Å². The monoisotopic (exact) mass is 468 g/mol. The van der Waals surface area contributed by atoms with Crippen LogP contribution in [0.4, 0.5) is 14.7 Å². The van der Waals surface area contributed by atoms with Gasteiger partial charge in [-0.25, -0.2) is 13.8 Å². The van der Waals surface area contributed by atoms with E-state index in [0.29, 0.717) is 36.3 Å². The van der Waals surface area contributed by atoms with Gasteiger partial charge in [-0.05, 0) is 25.8 Å². The number of aliphatic hydroxyl groups is 1. The smallest absolute Gasteiger partial charge is 0.295 e. The second kappa shape index (κ2) is 10.2. The summed E-state index contributed by atoms with van der Waals surface area (Å²) in [6.45, 7) is 2.80. The molecule has 1 aliphatic heterocycles. The molecule has 1 saturated heterocycles. The first-order valence-corrected chi connectivity index (χ1v) is 9.96. The molecule has 8 nitrogen and oxygen atoms in total. The highest BCUT2D eigenvalue weighted by Crippen LogP contribution is 2.24. The van der Waals surface area contributed by atoms with Crippen molar-refractivity contribution in [2.24, 2.45) is 0 Å². The number of rotatable bonds is 6. The predicted molar refractivity (Wildman–Crippen MR) is 117 cm³/mol. The minimum atomic E-state index is -0.843. The number of hydrogen-bond donors (Lipinski definition) is 2. The third-order valence-electron chi connectivity index (χ3n) is 4.86. The van der Waals surface area contributed by atoms with Crippen molar-refractivity contribution >= 4 is 29.4 Å². The van der Waals surface area contributed by atoms with Gasteiger partial charge in [0.05, 0.1) is 12.6 Å². The number of nitrogens with zero attached hydrogens (tertiary/aromatic N) is 3. The van der Waals surface area contributed by atoms with Crippen LogP contribution in [0.1, 0.15) is 19.8 Å². The standard InChI is InChI=1S/C21H22F2N4O4.ClH/c1-12(28)11-27-19-13(10-24-21(26-19)25-16-2-4-30-5-3-16)6-18(20(27)29)31-17-8-14(22)7-15(23)9-17;/h6-10,12,16,28H,2-5,11H2,1H3,(H,24,25,26);1H/t12-;/m0./s1. The highest BCUT2D eigenvalue weighted by atomic mass is 35.5. The molecule has 0 spiro atoms. The largest absolute Gasteiger partial charge is 0.451 e. The van der Waals surface area contributed by atoms with Crippen molar-refractivity contribution in [1.29, 1.82) is 0 Å². The molecule has 4 rings (SSSR count). The molecule has 1 fully saturated rings. The summed E-state index contributed by atoms with van der Waals surface area (Å²) in [4.78, 5) is 21.8. The summed E-state index contributed by atoms with van der Waals surface area (Å²) >= 11 is 0. The van der Waals surface area contributed by atoms with Crippen LogP contribution in [0.15, 0.2) is 35.3 Å². The fourth-order valence-corrected chi connectivity index (χ4v) is 3.45. The number of halogens is 3. The van der Waals surface area contributed by atoms with Gasteiger partial charge in [-0.15, -0.1) is 12.4 Å². The average Bonchev–Trinajstić information content (AvgIpc) is 2.71. The number of ether oxygens (including phenoxy) is 2. The SMILES string of the molecule is C[C@H](O)Cn1c(=O)c(Oc2cc(F)cc(F)c2)cc2cnc(NC3CCOCC3)nc21.Cl. The molecule has 32 heavy (non-hydrogen) atoms. The van der Waals surface area contributed by atoms with E-state index >= 15 is 0 Å². The maximum absolute atomic E-state index is 13.5. The van der Waals surface area contributed by atoms with E-state index in [1.54, 1.807) is 0 Å². The van der Waals surface area contributed by atoms with Crippen molar-refractivity contribution < 1.29 is 23.4 Å². The van der Waals surface area contributed by atoms with Crippen molar-refractivity contribution in [2.45, 2.75) is 38.5 Å². The molecule has 0 aliphatic carbocycles. The third kappa shape index (κ3) is 5.50. The minimum Gasteiger partial charge on any atom is -0.451 e. The summed E-state index contributed by atoms with van der Waals surface area (Å²) in [6.07, 6.45) is 2.32. The molecule has 1 atom stereocenters. The number of aliphatic hydroxyl groups excluding tert-OH is 1. The van der Waals surface area contributed by atoms with Crippen LogP contribution in [0.3, 0.4) is 0 Å². The zero-order chi connectivity index (χ0) is 22.0. The molecule has 0 amide bonds. The molecule has 3 aromatic rings. The molecule has 0 unspecified atom stereocenters. The Morgan fingerprint density at radius 1 is 1.25 bits per heavy atom.